The zero-order valence-electron chi connectivity index (χ0n) is 13.9. The fourth-order valence-corrected chi connectivity index (χ4v) is 3.36. The van der Waals surface area contributed by atoms with Gasteiger partial charge in [0, 0.05) is 13.3 Å². The van der Waals surface area contributed by atoms with Crippen molar-refractivity contribution >= 4 is 5.91 Å². The molecule has 0 saturated carbocycles. The molecule has 1 heterocycles. The lowest BCUT2D eigenvalue weighted by atomic mass is 9.81. The lowest BCUT2D eigenvalue weighted by molar-refractivity contribution is -0.120. The predicted molar refractivity (Wildman–Crippen MR) is 87.0 cm³/mol. The number of fused-ring (bicyclic) bond motifs is 1. The van der Waals surface area contributed by atoms with Crippen LogP contribution in [-0.2, 0) is 23.2 Å². The third kappa shape index (κ3) is 3.44. The van der Waals surface area contributed by atoms with Crippen LogP contribution in [0.4, 0.5) is 0 Å². The molecular formula is C18H23N3O2. The predicted octanol–water partition coefficient (Wildman–Crippen LogP) is 3.10. The summed E-state index contributed by atoms with van der Waals surface area (Å²) in [5.74, 6) is 1.48. The van der Waals surface area contributed by atoms with Crippen LogP contribution in [0.5, 0.6) is 0 Å². The molecule has 0 aliphatic heterocycles. The van der Waals surface area contributed by atoms with Gasteiger partial charge in [0.25, 0.3) is 0 Å². The highest BCUT2D eigenvalue weighted by Crippen LogP contribution is 2.33. The van der Waals surface area contributed by atoms with Crippen LogP contribution in [0.25, 0.3) is 0 Å². The van der Waals surface area contributed by atoms with E-state index in [4.69, 9.17) is 4.52 Å². The Morgan fingerprint density at radius 3 is 2.96 bits per heavy atom. The average molecular weight is 313 g/mol. The van der Waals surface area contributed by atoms with E-state index in [1.54, 1.807) is 0 Å². The molecule has 1 aromatic carbocycles. The van der Waals surface area contributed by atoms with E-state index in [0.717, 1.165) is 19.3 Å². The second-order valence-electron chi connectivity index (χ2n) is 6.81. The van der Waals surface area contributed by atoms with Crippen LogP contribution in [0.2, 0.25) is 0 Å². The van der Waals surface area contributed by atoms with Crippen molar-refractivity contribution in [2.45, 2.75) is 57.9 Å². The molecule has 0 saturated heterocycles. The third-order valence-corrected chi connectivity index (χ3v) is 4.43. The van der Waals surface area contributed by atoms with Crippen LogP contribution in [0.1, 0.15) is 62.4 Å². The summed E-state index contributed by atoms with van der Waals surface area (Å²) in [6.07, 6.45) is 4.24. The van der Waals surface area contributed by atoms with Crippen LogP contribution in [0, 0.1) is 0 Å². The lowest BCUT2D eigenvalue weighted by Crippen LogP contribution is -2.40. The summed E-state index contributed by atoms with van der Waals surface area (Å²) in [4.78, 5) is 15.8. The second-order valence-corrected chi connectivity index (χ2v) is 6.81. The van der Waals surface area contributed by atoms with Crippen LogP contribution in [0.3, 0.4) is 0 Å². The number of nitrogens with zero attached hydrogens (tertiary/aromatic N) is 2. The molecule has 5 nitrogen and oxygen atoms in total. The SMILES string of the molecule is CC(=O)NC(C)(C)c1noc(C[C@H]2CCCc3ccccc32)n1. The summed E-state index contributed by atoms with van der Waals surface area (Å²) in [6, 6.07) is 8.61. The van der Waals surface area contributed by atoms with Gasteiger partial charge in [-0.25, -0.2) is 0 Å². The quantitative estimate of drug-likeness (QED) is 0.941. The van der Waals surface area contributed by atoms with E-state index in [9.17, 15) is 4.79 Å². The van der Waals surface area contributed by atoms with E-state index >= 15 is 0 Å². The number of nitrogens with one attached hydrogen (secondary N) is 1. The number of carbonyl (C=O) groups excluding carboxylic acids is 1. The molecule has 5 heteroatoms. The van der Waals surface area contributed by atoms with Crippen LogP contribution in [0.15, 0.2) is 28.8 Å². The molecule has 1 amide bonds. The van der Waals surface area contributed by atoms with Gasteiger partial charge in [-0.15, -0.1) is 0 Å². The number of aromatic nitrogens is 2. The van der Waals surface area contributed by atoms with Gasteiger partial charge >= 0.3 is 0 Å². The molecular weight excluding hydrogens is 290 g/mol. The first-order chi connectivity index (χ1) is 11.0. The van der Waals surface area contributed by atoms with Crippen molar-refractivity contribution in [2.75, 3.05) is 0 Å². The Labute approximate surface area is 136 Å². The van der Waals surface area contributed by atoms with Crippen molar-refractivity contribution in [3.8, 4) is 0 Å². The Morgan fingerprint density at radius 1 is 1.39 bits per heavy atom. The molecule has 0 bridgehead atoms. The highest BCUT2D eigenvalue weighted by Gasteiger charge is 2.29. The van der Waals surface area contributed by atoms with Crippen LogP contribution >= 0.6 is 0 Å². The summed E-state index contributed by atoms with van der Waals surface area (Å²) >= 11 is 0. The maximum absolute atomic E-state index is 11.3. The van der Waals surface area contributed by atoms with Crippen molar-refractivity contribution in [3.05, 3.63) is 47.1 Å². The number of benzene rings is 1. The highest BCUT2D eigenvalue weighted by atomic mass is 16.5. The zero-order valence-corrected chi connectivity index (χ0v) is 13.9. The smallest absolute Gasteiger partial charge is 0.227 e. The van der Waals surface area contributed by atoms with E-state index in [2.05, 4.69) is 39.7 Å². The van der Waals surface area contributed by atoms with Crippen molar-refractivity contribution in [1.82, 2.24) is 15.5 Å². The normalized spacial score (nSPS) is 17.6. The maximum Gasteiger partial charge on any atom is 0.227 e. The van der Waals surface area contributed by atoms with Gasteiger partial charge in [-0.3, -0.25) is 4.79 Å². The Kier molecular flexibility index (Phi) is 4.20. The first-order valence-electron chi connectivity index (χ1n) is 8.15. The van der Waals surface area contributed by atoms with Crippen molar-refractivity contribution < 1.29 is 9.32 Å². The summed E-state index contributed by atoms with van der Waals surface area (Å²) < 4.78 is 5.44. The van der Waals surface area contributed by atoms with E-state index < -0.39 is 5.54 Å². The number of rotatable bonds is 4. The van der Waals surface area contributed by atoms with Gasteiger partial charge in [0.2, 0.25) is 11.8 Å². The fourth-order valence-electron chi connectivity index (χ4n) is 3.36. The Hall–Kier alpha value is -2.17. The minimum absolute atomic E-state index is 0.109. The molecule has 1 aliphatic rings. The Morgan fingerprint density at radius 2 is 2.17 bits per heavy atom. The number of aryl methyl sites for hydroxylation is 1. The zero-order chi connectivity index (χ0) is 16.4. The molecule has 0 radical (unpaired) electrons. The minimum Gasteiger partial charge on any atom is -0.344 e. The third-order valence-electron chi connectivity index (χ3n) is 4.43. The van der Waals surface area contributed by atoms with Crippen LogP contribution < -0.4 is 5.32 Å². The summed E-state index contributed by atoms with van der Waals surface area (Å²) in [5, 5.41) is 6.91. The minimum atomic E-state index is -0.627. The van der Waals surface area contributed by atoms with Crippen molar-refractivity contribution in [2.24, 2.45) is 0 Å². The second kappa shape index (κ2) is 6.14. The average Bonchev–Trinajstić information content (AvgIpc) is 2.96. The largest absolute Gasteiger partial charge is 0.344 e. The van der Waals surface area contributed by atoms with Gasteiger partial charge in [0.15, 0.2) is 5.82 Å². The molecule has 0 spiro atoms. The van der Waals surface area contributed by atoms with E-state index in [1.165, 1.54) is 24.5 Å². The first-order valence-corrected chi connectivity index (χ1v) is 8.15. The monoisotopic (exact) mass is 313 g/mol. The molecule has 122 valence electrons. The number of amides is 1. The van der Waals surface area contributed by atoms with E-state index in [1.807, 2.05) is 13.8 Å². The van der Waals surface area contributed by atoms with Gasteiger partial charge in [-0.2, -0.15) is 4.98 Å². The molecule has 3 rings (SSSR count). The van der Waals surface area contributed by atoms with Gasteiger partial charge in [0.1, 0.15) is 0 Å². The van der Waals surface area contributed by atoms with Crippen molar-refractivity contribution in [1.29, 1.82) is 0 Å². The molecule has 1 atom stereocenters. The molecule has 1 aliphatic carbocycles. The standard InChI is InChI=1S/C18H23N3O2/c1-12(22)20-18(2,3)17-19-16(23-21-17)11-14-9-6-8-13-7-4-5-10-15(13)14/h4-5,7,10,14H,6,8-9,11H2,1-3H3,(H,20,22)/t14-/m1/s1. The van der Waals surface area contributed by atoms with Crippen LogP contribution in [-0.4, -0.2) is 16.0 Å². The highest BCUT2D eigenvalue weighted by molar-refractivity contribution is 5.73. The Balaban J connectivity index is 1.77. The molecule has 0 fully saturated rings. The molecule has 1 aromatic heterocycles. The maximum atomic E-state index is 11.3. The fraction of sp³-hybridized carbons (Fsp3) is 0.500. The number of hydrogen-bond acceptors (Lipinski definition) is 4. The summed E-state index contributed by atoms with van der Waals surface area (Å²) in [7, 11) is 0. The van der Waals surface area contributed by atoms with Gasteiger partial charge in [-0.05, 0) is 50.2 Å². The lowest BCUT2D eigenvalue weighted by Gasteiger charge is -2.24. The topological polar surface area (TPSA) is 68.0 Å². The summed E-state index contributed by atoms with van der Waals surface area (Å²) in [5.41, 5.74) is 2.21. The van der Waals surface area contributed by atoms with Gasteiger partial charge < -0.3 is 9.84 Å². The molecule has 0 unspecified atom stereocenters. The van der Waals surface area contributed by atoms with Gasteiger partial charge in [-0.1, -0.05) is 29.4 Å². The number of hydrogen-bond donors (Lipinski definition) is 1. The number of carbonyl (C=O) groups is 1. The summed E-state index contributed by atoms with van der Waals surface area (Å²) in [6.45, 7) is 5.24. The van der Waals surface area contributed by atoms with E-state index in [0.29, 0.717) is 17.6 Å². The van der Waals surface area contributed by atoms with Gasteiger partial charge in [0.05, 0.1) is 5.54 Å². The van der Waals surface area contributed by atoms with Crippen molar-refractivity contribution in [3.63, 3.8) is 0 Å². The first kappa shape index (κ1) is 15.7. The Bertz CT molecular complexity index is 706. The molecule has 1 N–H and O–H groups in total. The molecule has 2 aromatic rings. The van der Waals surface area contributed by atoms with E-state index in [-0.39, 0.29) is 5.91 Å². The molecule has 23 heavy (non-hydrogen) atoms.